The molecule has 0 spiro atoms. The van der Waals surface area contributed by atoms with Gasteiger partial charge in [-0.25, -0.2) is 4.98 Å². The number of likely N-dealkylation sites (N-methyl/N-ethyl adjacent to an activating group) is 1. The van der Waals surface area contributed by atoms with E-state index in [-0.39, 0.29) is 5.91 Å². The molecule has 0 aliphatic heterocycles. The Morgan fingerprint density at radius 2 is 1.80 bits per heavy atom. The number of aromatic nitrogens is 1. The van der Waals surface area contributed by atoms with Crippen LogP contribution >= 0.6 is 11.3 Å². The van der Waals surface area contributed by atoms with E-state index in [2.05, 4.69) is 34.1 Å². The van der Waals surface area contributed by atoms with Crippen molar-refractivity contribution in [3.8, 4) is 0 Å². The van der Waals surface area contributed by atoms with Crippen molar-refractivity contribution in [2.45, 2.75) is 6.54 Å². The second-order valence-corrected chi connectivity index (χ2v) is 7.17. The van der Waals surface area contributed by atoms with Crippen LogP contribution in [0.25, 0.3) is 16.3 Å². The van der Waals surface area contributed by atoms with Crippen molar-refractivity contribution in [2.24, 2.45) is 0 Å². The summed E-state index contributed by atoms with van der Waals surface area (Å²) >= 11 is 1.59. The lowest BCUT2D eigenvalue weighted by Gasteiger charge is -2.17. The topological polar surface area (TPSA) is 36.4 Å². The maximum absolute atomic E-state index is 12.3. The number of carbonyl (C=O) groups is 1. The lowest BCUT2D eigenvalue weighted by Crippen LogP contribution is -2.24. The van der Waals surface area contributed by atoms with Crippen molar-refractivity contribution in [1.82, 2.24) is 9.88 Å². The Hall–Kier alpha value is -2.66. The summed E-state index contributed by atoms with van der Waals surface area (Å²) in [5, 5.41) is 0.846. The molecule has 3 aromatic rings. The van der Waals surface area contributed by atoms with Crippen LogP contribution in [-0.2, 0) is 11.3 Å². The fourth-order valence-corrected chi connectivity index (χ4v) is 3.35. The summed E-state index contributed by atoms with van der Waals surface area (Å²) in [4.78, 5) is 20.6. The zero-order chi connectivity index (χ0) is 17.8. The molecule has 0 N–H and O–H groups in total. The second-order valence-electron chi connectivity index (χ2n) is 6.11. The van der Waals surface area contributed by atoms with Crippen LogP contribution in [0.3, 0.4) is 0 Å². The third-order valence-electron chi connectivity index (χ3n) is 3.93. The van der Waals surface area contributed by atoms with Crippen molar-refractivity contribution in [2.75, 3.05) is 26.0 Å². The lowest BCUT2D eigenvalue weighted by molar-refractivity contribution is -0.125. The first kappa shape index (κ1) is 17.2. The smallest absolute Gasteiger partial charge is 0.246 e. The average Bonchev–Trinajstić information content (AvgIpc) is 3.03. The predicted octanol–water partition coefficient (Wildman–Crippen LogP) is 4.03. The van der Waals surface area contributed by atoms with Crippen LogP contribution in [0.15, 0.2) is 54.6 Å². The summed E-state index contributed by atoms with van der Waals surface area (Å²) in [6.07, 6.45) is 3.38. The molecule has 2 aromatic carbocycles. The van der Waals surface area contributed by atoms with E-state index in [0.717, 1.165) is 26.5 Å². The van der Waals surface area contributed by atoms with Crippen LogP contribution in [0.2, 0.25) is 0 Å². The zero-order valence-electron chi connectivity index (χ0n) is 14.6. The van der Waals surface area contributed by atoms with Gasteiger partial charge in [0.2, 0.25) is 5.91 Å². The minimum Gasteiger partial charge on any atom is -0.378 e. The molecular weight excluding hydrogens is 330 g/mol. The molecule has 1 heterocycles. The Morgan fingerprint density at radius 3 is 2.48 bits per heavy atom. The van der Waals surface area contributed by atoms with Crippen molar-refractivity contribution in [1.29, 1.82) is 0 Å². The van der Waals surface area contributed by atoms with Gasteiger partial charge in [-0.3, -0.25) is 4.79 Å². The molecule has 1 aromatic heterocycles. The molecule has 0 atom stereocenters. The monoisotopic (exact) mass is 351 g/mol. The molecule has 0 aliphatic rings. The molecular formula is C20H21N3OS. The normalized spacial score (nSPS) is 11.2. The minimum atomic E-state index is -0.0315. The Balaban J connectivity index is 1.63. The summed E-state index contributed by atoms with van der Waals surface area (Å²) in [5.41, 5.74) is 3.22. The maximum Gasteiger partial charge on any atom is 0.246 e. The number of anilines is 1. The van der Waals surface area contributed by atoms with E-state index in [1.165, 1.54) is 0 Å². The van der Waals surface area contributed by atoms with Crippen molar-refractivity contribution in [3.05, 3.63) is 65.2 Å². The van der Waals surface area contributed by atoms with Crippen LogP contribution in [-0.4, -0.2) is 36.9 Å². The van der Waals surface area contributed by atoms with Gasteiger partial charge in [0.05, 0.1) is 10.2 Å². The van der Waals surface area contributed by atoms with Gasteiger partial charge in [0.1, 0.15) is 5.01 Å². The third-order valence-corrected chi connectivity index (χ3v) is 4.93. The molecule has 0 unspecified atom stereocenters. The van der Waals surface area contributed by atoms with Gasteiger partial charge < -0.3 is 9.80 Å². The van der Waals surface area contributed by atoms with Crippen molar-refractivity contribution >= 4 is 39.2 Å². The molecule has 128 valence electrons. The molecule has 0 aliphatic carbocycles. The Morgan fingerprint density at radius 1 is 1.08 bits per heavy atom. The van der Waals surface area contributed by atoms with Gasteiger partial charge in [-0.2, -0.15) is 0 Å². The summed E-state index contributed by atoms with van der Waals surface area (Å²) in [6, 6.07) is 16.2. The summed E-state index contributed by atoms with van der Waals surface area (Å²) < 4.78 is 1.13. The van der Waals surface area contributed by atoms with Gasteiger partial charge in [-0.15, -0.1) is 11.3 Å². The highest BCUT2D eigenvalue weighted by Crippen LogP contribution is 2.22. The molecule has 0 bridgehead atoms. The Bertz CT molecular complexity index is 864. The molecule has 3 rings (SSSR count). The lowest BCUT2D eigenvalue weighted by atomic mass is 10.2. The van der Waals surface area contributed by atoms with Crippen molar-refractivity contribution < 1.29 is 4.79 Å². The van der Waals surface area contributed by atoms with E-state index in [9.17, 15) is 4.79 Å². The summed E-state index contributed by atoms with van der Waals surface area (Å²) in [7, 11) is 5.83. The number of benzene rings is 2. The number of hydrogen-bond acceptors (Lipinski definition) is 4. The number of para-hydroxylation sites is 1. The van der Waals surface area contributed by atoms with E-state index in [1.807, 2.05) is 45.4 Å². The van der Waals surface area contributed by atoms with Crippen LogP contribution < -0.4 is 4.90 Å². The highest BCUT2D eigenvalue weighted by molar-refractivity contribution is 7.19. The van der Waals surface area contributed by atoms with Crippen LogP contribution in [0.1, 0.15) is 10.6 Å². The molecule has 0 fully saturated rings. The first-order valence-electron chi connectivity index (χ1n) is 8.08. The first-order chi connectivity index (χ1) is 12.0. The molecule has 4 nitrogen and oxygen atoms in total. The number of hydrogen-bond donors (Lipinski definition) is 0. The van der Waals surface area contributed by atoms with Gasteiger partial charge in [-0.1, -0.05) is 24.3 Å². The molecule has 0 saturated carbocycles. The van der Waals surface area contributed by atoms with Gasteiger partial charge in [0.15, 0.2) is 0 Å². The van der Waals surface area contributed by atoms with E-state index in [4.69, 9.17) is 0 Å². The molecule has 5 heteroatoms. The fourth-order valence-electron chi connectivity index (χ4n) is 2.48. The number of carbonyl (C=O) groups excluding carboxylic acids is 1. The predicted molar refractivity (Wildman–Crippen MR) is 106 cm³/mol. The van der Waals surface area contributed by atoms with Crippen LogP contribution in [0.5, 0.6) is 0 Å². The maximum atomic E-state index is 12.3. The van der Waals surface area contributed by atoms with E-state index < -0.39 is 0 Å². The average molecular weight is 351 g/mol. The summed E-state index contributed by atoms with van der Waals surface area (Å²) in [6.45, 7) is 0.580. The van der Waals surface area contributed by atoms with Gasteiger partial charge in [0, 0.05) is 39.5 Å². The van der Waals surface area contributed by atoms with Gasteiger partial charge in [-0.05, 0) is 35.9 Å². The standard InChI is InChI=1S/C20H21N3OS/c1-22(2)16-10-8-15(9-11-16)14-23(3)20(24)13-12-19-21-17-6-4-5-7-18(17)25-19/h4-13H,14H2,1-3H3/b13-12+. The quantitative estimate of drug-likeness (QED) is 0.651. The highest BCUT2D eigenvalue weighted by atomic mass is 32.1. The van der Waals surface area contributed by atoms with Gasteiger partial charge >= 0.3 is 0 Å². The Kier molecular flexibility index (Phi) is 5.14. The highest BCUT2D eigenvalue weighted by Gasteiger charge is 2.07. The van der Waals surface area contributed by atoms with Crippen LogP contribution in [0.4, 0.5) is 5.69 Å². The van der Waals surface area contributed by atoms with E-state index >= 15 is 0 Å². The van der Waals surface area contributed by atoms with E-state index in [0.29, 0.717) is 6.54 Å². The second kappa shape index (κ2) is 7.49. The SMILES string of the molecule is CN(Cc1ccc(N(C)C)cc1)C(=O)/C=C/c1nc2ccccc2s1. The third kappa shape index (κ3) is 4.25. The molecule has 1 amide bonds. The number of amides is 1. The summed E-state index contributed by atoms with van der Waals surface area (Å²) in [5.74, 6) is -0.0315. The first-order valence-corrected chi connectivity index (χ1v) is 8.89. The Labute approximate surface area is 152 Å². The number of nitrogens with zero attached hydrogens (tertiary/aromatic N) is 3. The van der Waals surface area contributed by atoms with E-state index in [1.54, 1.807) is 28.4 Å². The van der Waals surface area contributed by atoms with Gasteiger partial charge in [0.25, 0.3) is 0 Å². The minimum absolute atomic E-state index is 0.0315. The fraction of sp³-hybridized carbons (Fsp3) is 0.200. The molecule has 0 radical (unpaired) electrons. The van der Waals surface area contributed by atoms with Crippen LogP contribution in [0, 0.1) is 0 Å². The largest absolute Gasteiger partial charge is 0.378 e. The molecule has 0 saturated heterocycles. The number of fused-ring (bicyclic) bond motifs is 1. The molecule has 25 heavy (non-hydrogen) atoms. The number of thiazole rings is 1. The van der Waals surface area contributed by atoms with Crippen molar-refractivity contribution in [3.63, 3.8) is 0 Å². The zero-order valence-corrected chi connectivity index (χ0v) is 15.5. The number of rotatable bonds is 5.